The van der Waals surface area contributed by atoms with Crippen molar-refractivity contribution < 1.29 is 4.74 Å². The molecule has 2 heteroatoms. The molecule has 1 N–H and O–H groups in total. The quantitative estimate of drug-likeness (QED) is 0.809. The van der Waals surface area contributed by atoms with Crippen molar-refractivity contribution in [1.29, 1.82) is 0 Å². The van der Waals surface area contributed by atoms with Crippen LogP contribution in [-0.2, 0) is 4.74 Å². The number of hydrogen-bond donors (Lipinski definition) is 1. The van der Waals surface area contributed by atoms with Crippen LogP contribution in [0.2, 0.25) is 0 Å². The van der Waals surface area contributed by atoms with E-state index in [9.17, 15) is 0 Å². The van der Waals surface area contributed by atoms with Crippen LogP contribution in [-0.4, -0.2) is 24.8 Å². The van der Waals surface area contributed by atoms with Crippen molar-refractivity contribution in [3.05, 3.63) is 0 Å². The maximum Gasteiger partial charge on any atom is 0.0697 e. The van der Waals surface area contributed by atoms with Crippen LogP contribution in [0.3, 0.4) is 0 Å². The van der Waals surface area contributed by atoms with E-state index in [1.165, 1.54) is 64.3 Å². The minimum Gasteiger partial charge on any atom is -0.375 e. The van der Waals surface area contributed by atoms with Gasteiger partial charge in [0.1, 0.15) is 0 Å². The highest BCUT2D eigenvalue weighted by atomic mass is 16.5. The number of rotatable bonds is 4. The Morgan fingerprint density at radius 2 is 1.88 bits per heavy atom. The summed E-state index contributed by atoms with van der Waals surface area (Å²) in [5, 5.41) is 3.89. The van der Waals surface area contributed by atoms with Gasteiger partial charge in [-0.15, -0.1) is 0 Å². The van der Waals surface area contributed by atoms with Crippen molar-refractivity contribution >= 4 is 0 Å². The standard InChI is InChI=1S/C15H25NO/c1-5-15(6-1)10-13(4-9-17-15)16-11-14(7-8-14)12-2-3-12/h12-13,16H,1-11H2. The molecule has 4 aliphatic rings. The monoisotopic (exact) mass is 235 g/mol. The molecule has 17 heavy (non-hydrogen) atoms. The number of ether oxygens (including phenoxy) is 1. The molecule has 3 aliphatic carbocycles. The molecule has 0 aromatic heterocycles. The maximum absolute atomic E-state index is 6.00. The SMILES string of the molecule is C1CC2(C1)CC(NCC1(C3CC3)CC1)CCO2. The highest BCUT2D eigenvalue weighted by Gasteiger charge is 2.53. The minimum atomic E-state index is 0.312. The molecule has 1 unspecified atom stereocenters. The molecule has 1 heterocycles. The van der Waals surface area contributed by atoms with E-state index in [-0.39, 0.29) is 0 Å². The van der Waals surface area contributed by atoms with Crippen molar-refractivity contribution in [2.24, 2.45) is 11.3 Å². The molecule has 3 saturated carbocycles. The van der Waals surface area contributed by atoms with Gasteiger partial charge in [-0.1, -0.05) is 0 Å². The van der Waals surface area contributed by atoms with E-state index in [0.717, 1.165) is 24.0 Å². The normalized spacial score (nSPS) is 37.8. The molecule has 0 radical (unpaired) electrons. The summed E-state index contributed by atoms with van der Waals surface area (Å²) in [6, 6.07) is 0.750. The van der Waals surface area contributed by atoms with Gasteiger partial charge < -0.3 is 10.1 Å². The first-order valence-corrected chi connectivity index (χ1v) is 7.68. The first-order chi connectivity index (χ1) is 8.30. The molecule has 96 valence electrons. The Labute approximate surface area is 104 Å². The molecule has 0 aromatic rings. The summed E-state index contributed by atoms with van der Waals surface area (Å²) >= 11 is 0. The van der Waals surface area contributed by atoms with E-state index >= 15 is 0 Å². The summed E-state index contributed by atoms with van der Waals surface area (Å²) < 4.78 is 6.00. The average Bonchev–Trinajstić information content (AvgIpc) is 3.14. The summed E-state index contributed by atoms with van der Waals surface area (Å²) in [6.07, 6.45) is 12.6. The lowest BCUT2D eigenvalue weighted by atomic mass is 9.74. The van der Waals surface area contributed by atoms with Gasteiger partial charge in [0.15, 0.2) is 0 Å². The Balaban J connectivity index is 1.30. The molecule has 1 atom stereocenters. The molecule has 1 saturated heterocycles. The molecule has 1 spiro atoms. The highest BCUT2D eigenvalue weighted by molar-refractivity contribution is 5.06. The fourth-order valence-corrected chi connectivity index (χ4v) is 4.05. The van der Waals surface area contributed by atoms with Crippen LogP contribution in [0.1, 0.15) is 57.8 Å². The molecular formula is C15H25NO. The fourth-order valence-electron chi connectivity index (χ4n) is 4.05. The molecule has 0 amide bonds. The molecule has 1 aliphatic heterocycles. The number of nitrogens with one attached hydrogen (secondary N) is 1. The average molecular weight is 235 g/mol. The van der Waals surface area contributed by atoms with Gasteiger partial charge in [-0.25, -0.2) is 0 Å². The fraction of sp³-hybridized carbons (Fsp3) is 1.00. The number of hydrogen-bond acceptors (Lipinski definition) is 2. The summed E-state index contributed by atoms with van der Waals surface area (Å²) in [6.45, 7) is 2.30. The summed E-state index contributed by atoms with van der Waals surface area (Å²) in [5.41, 5.74) is 1.07. The van der Waals surface area contributed by atoms with E-state index in [4.69, 9.17) is 4.74 Å². The lowest BCUT2D eigenvalue weighted by Gasteiger charge is -2.47. The zero-order chi connectivity index (χ0) is 11.3. The van der Waals surface area contributed by atoms with Crippen LogP contribution >= 0.6 is 0 Å². The van der Waals surface area contributed by atoms with Gasteiger partial charge in [0, 0.05) is 19.2 Å². The predicted octanol–water partition coefficient (Wildman–Crippen LogP) is 2.87. The third-order valence-electron chi connectivity index (χ3n) is 5.84. The van der Waals surface area contributed by atoms with Gasteiger partial charge in [-0.3, -0.25) is 0 Å². The van der Waals surface area contributed by atoms with E-state index < -0.39 is 0 Å². The highest BCUT2D eigenvalue weighted by Crippen LogP contribution is 2.61. The zero-order valence-electron chi connectivity index (χ0n) is 10.8. The lowest BCUT2D eigenvalue weighted by molar-refractivity contribution is -0.135. The summed E-state index contributed by atoms with van der Waals surface area (Å²) in [5.74, 6) is 1.09. The first-order valence-electron chi connectivity index (χ1n) is 7.68. The second kappa shape index (κ2) is 3.71. The first kappa shape index (κ1) is 10.8. The van der Waals surface area contributed by atoms with Crippen LogP contribution in [0.5, 0.6) is 0 Å². The van der Waals surface area contributed by atoms with E-state index in [2.05, 4.69) is 5.32 Å². The third kappa shape index (κ3) is 1.94. The predicted molar refractivity (Wildman–Crippen MR) is 67.9 cm³/mol. The van der Waals surface area contributed by atoms with Crippen LogP contribution < -0.4 is 5.32 Å². The Bertz CT molecular complexity index is 302. The van der Waals surface area contributed by atoms with Gasteiger partial charge in [-0.05, 0) is 69.1 Å². The van der Waals surface area contributed by atoms with Crippen LogP contribution in [0, 0.1) is 11.3 Å². The maximum atomic E-state index is 6.00. The second-order valence-corrected chi connectivity index (χ2v) is 7.09. The van der Waals surface area contributed by atoms with Gasteiger partial charge >= 0.3 is 0 Å². The topological polar surface area (TPSA) is 21.3 Å². The molecule has 2 nitrogen and oxygen atoms in total. The Hall–Kier alpha value is -0.0800. The van der Waals surface area contributed by atoms with Crippen molar-refractivity contribution in [1.82, 2.24) is 5.32 Å². The Kier molecular flexibility index (Phi) is 2.36. The van der Waals surface area contributed by atoms with Gasteiger partial charge in [0.2, 0.25) is 0 Å². The molecule has 0 aromatic carbocycles. The molecular weight excluding hydrogens is 210 g/mol. The summed E-state index contributed by atoms with van der Waals surface area (Å²) in [7, 11) is 0. The third-order valence-corrected chi connectivity index (χ3v) is 5.84. The Morgan fingerprint density at radius 1 is 1.06 bits per heavy atom. The van der Waals surface area contributed by atoms with Gasteiger partial charge in [0.25, 0.3) is 0 Å². The zero-order valence-corrected chi connectivity index (χ0v) is 10.8. The van der Waals surface area contributed by atoms with Crippen LogP contribution in [0.4, 0.5) is 0 Å². The molecule has 4 rings (SSSR count). The van der Waals surface area contributed by atoms with Gasteiger partial charge in [-0.2, -0.15) is 0 Å². The van der Waals surface area contributed by atoms with Crippen molar-refractivity contribution in [3.8, 4) is 0 Å². The van der Waals surface area contributed by atoms with Crippen molar-refractivity contribution in [2.75, 3.05) is 13.2 Å². The van der Waals surface area contributed by atoms with Gasteiger partial charge in [0.05, 0.1) is 5.60 Å². The van der Waals surface area contributed by atoms with Crippen molar-refractivity contribution in [3.63, 3.8) is 0 Å². The van der Waals surface area contributed by atoms with Crippen LogP contribution in [0.15, 0.2) is 0 Å². The largest absolute Gasteiger partial charge is 0.375 e. The van der Waals surface area contributed by atoms with E-state index in [1.54, 1.807) is 0 Å². The lowest BCUT2D eigenvalue weighted by Crippen LogP contribution is -2.51. The van der Waals surface area contributed by atoms with Crippen molar-refractivity contribution in [2.45, 2.75) is 69.4 Å². The van der Waals surface area contributed by atoms with Crippen LogP contribution in [0.25, 0.3) is 0 Å². The summed E-state index contributed by atoms with van der Waals surface area (Å²) in [4.78, 5) is 0. The molecule has 4 fully saturated rings. The minimum absolute atomic E-state index is 0.312. The smallest absolute Gasteiger partial charge is 0.0697 e. The molecule has 0 bridgehead atoms. The van der Waals surface area contributed by atoms with E-state index in [0.29, 0.717) is 5.60 Å². The Morgan fingerprint density at radius 3 is 2.47 bits per heavy atom. The van der Waals surface area contributed by atoms with E-state index in [1.807, 2.05) is 0 Å². The second-order valence-electron chi connectivity index (χ2n) is 7.09.